The van der Waals surface area contributed by atoms with E-state index in [1.807, 2.05) is 0 Å². The number of carbonyl (C=O) groups excluding carboxylic acids is 1. The second kappa shape index (κ2) is 4.64. The molecule has 0 unspecified atom stereocenters. The molecule has 0 radical (unpaired) electrons. The standard InChI is InChI=1S/C11H16F2N4O/c1-11(12,13)9-8(6-17(2)16-9)10(18)15-5-7-3-14-4-7/h6-7,14H,3-5H2,1-2H3,(H,15,18). The zero-order valence-electron chi connectivity index (χ0n) is 10.3. The van der Waals surface area contributed by atoms with Gasteiger partial charge < -0.3 is 10.6 Å². The maximum atomic E-state index is 13.3. The Hall–Kier alpha value is -1.50. The molecule has 0 spiro atoms. The van der Waals surface area contributed by atoms with Gasteiger partial charge in [0.2, 0.25) is 0 Å². The molecule has 1 aliphatic heterocycles. The maximum absolute atomic E-state index is 13.3. The van der Waals surface area contributed by atoms with Crippen molar-refractivity contribution < 1.29 is 13.6 Å². The highest BCUT2D eigenvalue weighted by atomic mass is 19.3. The lowest BCUT2D eigenvalue weighted by Gasteiger charge is -2.27. The van der Waals surface area contributed by atoms with Crippen LogP contribution >= 0.6 is 0 Å². The van der Waals surface area contributed by atoms with Crippen molar-refractivity contribution in [2.75, 3.05) is 19.6 Å². The Morgan fingerprint density at radius 3 is 2.83 bits per heavy atom. The van der Waals surface area contributed by atoms with E-state index in [4.69, 9.17) is 0 Å². The van der Waals surface area contributed by atoms with Gasteiger partial charge in [-0.1, -0.05) is 0 Å². The maximum Gasteiger partial charge on any atom is 0.289 e. The molecule has 0 bridgehead atoms. The highest BCUT2D eigenvalue weighted by Crippen LogP contribution is 2.28. The fourth-order valence-electron chi connectivity index (χ4n) is 1.80. The zero-order chi connectivity index (χ0) is 13.3. The Morgan fingerprint density at radius 2 is 2.33 bits per heavy atom. The molecule has 1 aliphatic rings. The number of aromatic nitrogens is 2. The van der Waals surface area contributed by atoms with Gasteiger partial charge in [0.1, 0.15) is 5.69 Å². The summed E-state index contributed by atoms with van der Waals surface area (Å²) in [7, 11) is 1.52. The number of aryl methyl sites for hydroxylation is 1. The number of amides is 1. The van der Waals surface area contributed by atoms with Crippen LogP contribution in [-0.2, 0) is 13.0 Å². The van der Waals surface area contributed by atoms with Gasteiger partial charge in [0.05, 0.1) is 5.56 Å². The van der Waals surface area contributed by atoms with E-state index in [9.17, 15) is 13.6 Å². The fraction of sp³-hybridized carbons (Fsp3) is 0.636. The quantitative estimate of drug-likeness (QED) is 0.826. The first kappa shape index (κ1) is 12.9. The molecule has 18 heavy (non-hydrogen) atoms. The van der Waals surface area contributed by atoms with Gasteiger partial charge in [0.15, 0.2) is 0 Å². The average Bonchev–Trinajstić information content (AvgIpc) is 2.57. The minimum absolute atomic E-state index is 0.0581. The number of hydrogen-bond donors (Lipinski definition) is 2. The number of halogens is 2. The summed E-state index contributed by atoms with van der Waals surface area (Å²) >= 11 is 0. The molecule has 1 amide bonds. The van der Waals surface area contributed by atoms with E-state index in [1.54, 1.807) is 0 Å². The molecule has 7 heteroatoms. The number of carbonyl (C=O) groups is 1. The van der Waals surface area contributed by atoms with Gasteiger partial charge in [-0.15, -0.1) is 0 Å². The van der Waals surface area contributed by atoms with Crippen molar-refractivity contribution in [3.05, 3.63) is 17.5 Å². The van der Waals surface area contributed by atoms with Crippen LogP contribution in [0, 0.1) is 5.92 Å². The third kappa shape index (κ3) is 2.66. The molecule has 1 saturated heterocycles. The predicted molar refractivity (Wildman–Crippen MR) is 61.5 cm³/mol. The summed E-state index contributed by atoms with van der Waals surface area (Å²) in [5.74, 6) is -3.23. The second-order valence-electron chi connectivity index (χ2n) is 4.69. The van der Waals surface area contributed by atoms with E-state index in [1.165, 1.54) is 17.9 Å². The lowest BCUT2D eigenvalue weighted by atomic mass is 10.0. The van der Waals surface area contributed by atoms with Crippen molar-refractivity contribution >= 4 is 5.91 Å². The van der Waals surface area contributed by atoms with Crippen molar-refractivity contribution in [1.82, 2.24) is 20.4 Å². The summed E-state index contributed by atoms with van der Waals surface area (Å²) in [6.07, 6.45) is 1.32. The van der Waals surface area contributed by atoms with Crippen molar-refractivity contribution in [1.29, 1.82) is 0 Å². The van der Waals surface area contributed by atoms with Crippen LogP contribution < -0.4 is 10.6 Å². The third-order valence-corrected chi connectivity index (χ3v) is 2.91. The Balaban J connectivity index is 2.08. The van der Waals surface area contributed by atoms with E-state index in [0.717, 1.165) is 20.0 Å². The Kier molecular flexibility index (Phi) is 3.34. The molecular weight excluding hydrogens is 242 g/mol. The van der Waals surface area contributed by atoms with Crippen molar-refractivity contribution in [3.63, 3.8) is 0 Å². The highest BCUT2D eigenvalue weighted by Gasteiger charge is 2.33. The van der Waals surface area contributed by atoms with Crippen LogP contribution in [0.4, 0.5) is 8.78 Å². The van der Waals surface area contributed by atoms with Gasteiger partial charge in [-0.2, -0.15) is 13.9 Å². The fourth-order valence-corrected chi connectivity index (χ4v) is 1.80. The molecule has 0 atom stereocenters. The molecule has 2 heterocycles. The first-order valence-electron chi connectivity index (χ1n) is 5.79. The molecule has 2 N–H and O–H groups in total. The minimum atomic E-state index is -3.12. The summed E-state index contributed by atoms with van der Waals surface area (Å²) in [5, 5.41) is 9.40. The van der Waals surface area contributed by atoms with Gasteiger partial charge in [0.25, 0.3) is 11.8 Å². The van der Waals surface area contributed by atoms with Crippen LogP contribution in [0.2, 0.25) is 0 Å². The molecule has 1 aromatic rings. The van der Waals surface area contributed by atoms with Crippen LogP contribution in [-0.4, -0.2) is 35.3 Å². The van der Waals surface area contributed by atoms with Crippen LogP contribution in [0.1, 0.15) is 23.0 Å². The number of rotatable bonds is 4. The predicted octanol–water partition coefficient (Wildman–Crippen LogP) is 0.481. The number of nitrogens with one attached hydrogen (secondary N) is 2. The summed E-state index contributed by atoms with van der Waals surface area (Å²) in [4.78, 5) is 11.9. The van der Waals surface area contributed by atoms with Crippen LogP contribution in [0.3, 0.4) is 0 Å². The van der Waals surface area contributed by atoms with Crippen LogP contribution in [0.15, 0.2) is 6.20 Å². The Bertz CT molecular complexity index is 448. The largest absolute Gasteiger partial charge is 0.352 e. The summed E-state index contributed by atoms with van der Waals surface area (Å²) in [6, 6.07) is 0. The molecular formula is C11H16F2N4O. The first-order chi connectivity index (χ1) is 8.38. The van der Waals surface area contributed by atoms with Crippen LogP contribution in [0.25, 0.3) is 0 Å². The van der Waals surface area contributed by atoms with Gasteiger partial charge in [-0.3, -0.25) is 9.48 Å². The third-order valence-electron chi connectivity index (χ3n) is 2.91. The van der Waals surface area contributed by atoms with Gasteiger partial charge in [-0.05, 0) is 0 Å². The van der Waals surface area contributed by atoms with E-state index in [2.05, 4.69) is 15.7 Å². The zero-order valence-corrected chi connectivity index (χ0v) is 10.3. The van der Waals surface area contributed by atoms with Gasteiger partial charge in [0, 0.05) is 45.7 Å². The second-order valence-corrected chi connectivity index (χ2v) is 4.69. The van der Waals surface area contributed by atoms with Crippen LogP contribution in [0.5, 0.6) is 0 Å². The molecule has 0 saturated carbocycles. The lowest BCUT2D eigenvalue weighted by molar-refractivity contribution is 0.0112. The van der Waals surface area contributed by atoms with E-state index in [0.29, 0.717) is 12.5 Å². The lowest BCUT2D eigenvalue weighted by Crippen LogP contribution is -2.48. The average molecular weight is 258 g/mol. The van der Waals surface area contributed by atoms with Crippen molar-refractivity contribution in [2.45, 2.75) is 12.8 Å². The molecule has 2 rings (SSSR count). The van der Waals surface area contributed by atoms with Crippen molar-refractivity contribution in [2.24, 2.45) is 13.0 Å². The Morgan fingerprint density at radius 1 is 1.67 bits per heavy atom. The number of nitrogens with zero attached hydrogens (tertiary/aromatic N) is 2. The smallest absolute Gasteiger partial charge is 0.289 e. The van der Waals surface area contributed by atoms with Crippen molar-refractivity contribution in [3.8, 4) is 0 Å². The highest BCUT2D eigenvalue weighted by molar-refractivity contribution is 5.95. The molecule has 100 valence electrons. The summed E-state index contributed by atoms with van der Waals surface area (Å²) in [6.45, 7) is 2.94. The SMILES string of the molecule is Cn1cc(C(=O)NCC2CNC2)c(C(C)(F)F)n1. The Labute approximate surface area is 104 Å². The molecule has 1 aromatic heterocycles. The topological polar surface area (TPSA) is 59.0 Å². The molecule has 1 fully saturated rings. The number of hydrogen-bond acceptors (Lipinski definition) is 3. The number of alkyl halides is 2. The monoisotopic (exact) mass is 258 g/mol. The summed E-state index contributed by atoms with van der Waals surface area (Å²) < 4.78 is 27.8. The summed E-state index contributed by atoms with van der Waals surface area (Å²) in [5.41, 5.74) is -0.536. The van der Waals surface area contributed by atoms with E-state index < -0.39 is 17.5 Å². The van der Waals surface area contributed by atoms with E-state index in [-0.39, 0.29) is 5.56 Å². The molecule has 5 nitrogen and oxygen atoms in total. The molecule has 0 aromatic carbocycles. The van der Waals surface area contributed by atoms with Gasteiger partial charge >= 0.3 is 0 Å². The minimum Gasteiger partial charge on any atom is -0.352 e. The van der Waals surface area contributed by atoms with Gasteiger partial charge in [-0.25, -0.2) is 0 Å². The molecule has 0 aliphatic carbocycles. The normalized spacial score (nSPS) is 16.4. The van der Waals surface area contributed by atoms with E-state index >= 15 is 0 Å². The first-order valence-corrected chi connectivity index (χ1v) is 5.79.